The van der Waals surface area contributed by atoms with Crippen molar-refractivity contribution >= 4 is 23.6 Å². The van der Waals surface area contributed by atoms with Crippen molar-refractivity contribution in [3.8, 4) is 0 Å². The number of aliphatic hydroxyl groups excluding tert-OH is 1. The second kappa shape index (κ2) is 6.90. The van der Waals surface area contributed by atoms with Gasteiger partial charge in [0.1, 0.15) is 5.70 Å². The van der Waals surface area contributed by atoms with Crippen LogP contribution in [0.5, 0.6) is 0 Å². The number of rotatable bonds is 6. The molecule has 0 radical (unpaired) electrons. The molecular weight excluding hydrogens is 328 g/mol. The highest BCUT2D eigenvalue weighted by Crippen LogP contribution is 2.46. The van der Waals surface area contributed by atoms with E-state index in [1.54, 1.807) is 18.7 Å². The predicted octanol–water partition coefficient (Wildman–Crippen LogP) is 0.978. The lowest BCUT2D eigenvalue weighted by atomic mass is 9.82. The molecule has 4 atom stereocenters. The molecule has 2 fully saturated rings. The summed E-state index contributed by atoms with van der Waals surface area (Å²) in [4.78, 5) is 25.5. The van der Waals surface area contributed by atoms with Crippen LogP contribution in [-0.2, 0) is 9.59 Å². The number of hydrogen-bond acceptors (Lipinski definition) is 5. The molecule has 0 aromatic heterocycles. The SMILES string of the molecule is CSC/C(=C\[C@@H]1CCCN1)C1=C(C(=O)O)N2C(=O)[C@H]([C@@H](C)O)[C@H]2C1. The molecule has 0 spiro atoms. The lowest BCUT2D eigenvalue weighted by Crippen LogP contribution is -2.61. The predicted molar refractivity (Wildman–Crippen MR) is 92.6 cm³/mol. The number of carboxylic acid groups (broad SMARTS) is 1. The van der Waals surface area contributed by atoms with E-state index in [-0.39, 0.29) is 23.7 Å². The van der Waals surface area contributed by atoms with Crippen LogP contribution in [0.4, 0.5) is 0 Å². The van der Waals surface area contributed by atoms with Crippen LogP contribution in [0.25, 0.3) is 0 Å². The van der Waals surface area contributed by atoms with E-state index in [0.717, 1.165) is 36.3 Å². The number of hydrogen-bond donors (Lipinski definition) is 3. The highest BCUT2D eigenvalue weighted by Gasteiger charge is 2.56. The quantitative estimate of drug-likeness (QED) is 0.618. The first-order valence-corrected chi connectivity index (χ1v) is 9.76. The van der Waals surface area contributed by atoms with E-state index in [2.05, 4.69) is 11.4 Å². The van der Waals surface area contributed by atoms with Crippen LogP contribution in [-0.4, -0.2) is 63.7 Å². The molecule has 0 aliphatic carbocycles. The Morgan fingerprint density at radius 3 is 2.83 bits per heavy atom. The van der Waals surface area contributed by atoms with E-state index in [1.807, 2.05) is 6.26 Å². The summed E-state index contributed by atoms with van der Waals surface area (Å²) >= 11 is 1.65. The third-order valence-electron chi connectivity index (χ3n) is 5.12. The van der Waals surface area contributed by atoms with Crippen LogP contribution in [0.3, 0.4) is 0 Å². The zero-order valence-electron chi connectivity index (χ0n) is 14.0. The first kappa shape index (κ1) is 17.5. The topological polar surface area (TPSA) is 89.9 Å². The number of nitrogens with zero attached hydrogens (tertiary/aromatic N) is 1. The molecule has 6 nitrogen and oxygen atoms in total. The largest absolute Gasteiger partial charge is 0.477 e. The highest BCUT2D eigenvalue weighted by atomic mass is 32.2. The normalized spacial score (nSPS) is 31.3. The lowest BCUT2D eigenvalue weighted by Gasteiger charge is -2.44. The molecule has 1 amide bonds. The van der Waals surface area contributed by atoms with Gasteiger partial charge in [0, 0.05) is 11.8 Å². The summed E-state index contributed by atoms with van der Waals surface area (Å²) in [7, 11) is 0. The van der Waals surface area contributed by atoms with Crippen LogP contribution >= 0.6 is 11.8 Å². The molecule has 0 unspecified atom stereocenters. The van der Waals surface area contributed by atoms with E-state index in [4.69, 9.17) is 0 Å². The number of amides is 1. The van der Waals surface area contributed by atoms with Crippen molar-refractivity contribution < 1.29 is 19.8 Å². The van der Waals surface area contributed by atoms with Gasteiger partial charge in [-0.15, -0.1) is 0 Å². The maximum absolute atomic E-state index is 12.3. The minimum atomic E-state index is -1.06. The molecule has 3 N–H and O–H groups in total. The number of carbonyl (C=O) groups excluding carboxylic acids is 1. The van der Waals surface area contributed by atoms with Crippen molar-refractivity contribution in [1.82, 2.24) is 10.2 Å². The standard InChI is InChI=1S/C17H24N2O4S/c1-9(20)14-13-7-12(15(17(22)23)19(13)16(14)21)10(8-24-2)6-11-4-3-5-18-11/h6,9,11,13-14,18,20H,3-5,7-8H2,1-2H3,(H,22,23)/b10-6+/t9-,11+,13-,14-/m1/s1. The Morgan fingerprint density at radius 1 is 1.54 bits per heavy atom. The third kappa shape index (κ3) is 2.89. The van der Waals surface area contributed by atoms with Gasteiger partial charge in [-0.3, -0.25) is 4.79 Å². The second-order valence-corrected chi connectivity index (χ2v) is 7.57. The second-order valence-electron chi connectivity index (χ2n) is 6.71. The molecule has 24 heavy (non-hydrogen) atoms. The minimum Gasteiger partial charge on any atom is -0.477 e. The molecule has 7 heteroatoms. The fourth-order valence-corrected chi connectivity index (χ4v) is 4.63. The maximum atomic E-state index is 12.3. The lowest BCUT2D eigenvalue weighted by molar-refractivity contribution is -0.161. The summed E-state index contributed by atoms with van der Waals surface area (Å²) in [5, 5.41) is 22.9. The zero-order valence-corrected chi connectivity index (χ0v) is 14.8. The van der Waals surface area contributed by atoms with Crippen molar-refractivity contribution in [3.63, 3.8) is 0 Å². The summed E-state index contributed by atoms with van der Waals surface area (Å²) in [6, 6.07) is 0.0478. The summed E-state index contributed by atoms with van der Waals surface area (Å²) in [5.41, 5.74) is 1.87. The molecule has 0 bridgehead atoms. The number of carboxylic acids is 1. The summed E-state index contributed by atoms with van der Waals surface area (Å²) in [5.74, 6) is -1.10. The first-order valence-electron chi connectivity index (χ1n) is 8.36. The van der Waals surface area contributed by atoms with Crippen LogP contribution in [0.15, 0.2) is 22.9 Å². The average molecular weight is 352 g/mol. The molecule has 132 valence electrons. The number of carbonyl (C=O) groups is 2. The monoisotopic (exact) mass is 352 g/mol. The van der Waals surface area contributed by atoms with E-state index in [9.17, 15) is 19.8 Å². The smallest absolute Gasteiger partial charge is 0.352 e. The van der Waals surface area contributed by atoms with Gasteiger partial charge in [-0.05, 0) is 50.1 Å². The van der Waals surface area contributed by atoms with Crippen LogP contribution in [0, 0.1) is 5.92 Å². The average Bonchev–Trinajstić information content (AvgIpc) is 3.11. The number of β-lactam (4-membered cyclic amide) rings is 1. The number of thioether (sulfide) groups is 1. The molecule has 3 heterocycles. The van der Waals surface area contributed by atoms with Gasteiger partial charge in [-0.25, -0.2) is 4.79 Å². The van der Waals surface area contributed by atoms with Gasteiger partial charge in [0.15, 0.2) is 0 Å². The molecule has 2 saturated heterocycles. The number of aliphatic carboxylic acids is 1. The van der Waals surface area contributed by atoms with Crippen molar-refractivity contribution in [1.29, 1.82) is 0 Å². The number of fused-ring (bicyclic) bond motifs is 1. The maximum Gasteiger partial charge on any atom is 0.352 e. The fourth-order valence-electron chi connectivity index (χ4n) is 4.04. The highest BCUT2D eigenvalue weighted by molar-refractivity contribution is 7.98. The Balaban J connectivity index is 1.94. The summed E-state index contributed by atoms with van der Waals surface area (Å²) in [6.07, 6.45) is 6.06. The summed E-state index contributed by atoms with van der Waals surface area (Å²) in [6.45, 7) is 2.58. The van der Waals surface area contributed by atoms with Crippen LogP contribution in [0.1, 0.15) is 26.2 Å². The van der Waals surface area contributed by atoms with Gasteiger partial charge < -0.3 is 20.4 Å². The Bertz CT molecular complexity index is 608. The van der Waals surface area contributed by atoms with Gasteiger partial charge in [0.25, 0.3) is 0 Å². The van der Waals surface area contributed by atoms with Crippen LogP contribution in [0.2, 0.25) is 0 Å². The van der Waals surface area contributed by atoms with Crippen molar-refractivity contribution in [2.24, 2.45) is 5.92 Å². The Kier molecular flexibility index (Phi) is 5.03. The van der Waals surface area contributed by atoms with Gasteiger partial charge in [-0.1, -0.05) is 6.08 Å². The summed E-state index contributed by atoms with van der Waals surface area (Å²) < 4.78 is 0. The first-order chi connectivity index (χ1) is 11.5. The van der Waals surface area contributed by atoms with Gasteiger partial charge in [0.05, 0.1) is 18.1 Å². The van der Waals surface area contributed by atoms with E-state index in [1.165, 1.54) is 4.90 Å². The van der Waals surface area contributed by atoms with Gasteiger partial charge in [0.2, 0.25) is 5.91 Å². The molecule has 3 aliphatic heterocycles. The zero-order chi connectivity index (χ0) is 17.4. The molecule has 0 saturated carbocycles. The Labute approximate surface area is 146 Å². The van der Waals surface area contributed by atoms with E-state index in [0.29, 0.717) is 6.42 Å². The molecule has 0 aromatic rings. The molecular formula is C17H24N2O4S. The van der Waals surface area contributed by atoms with Crippen LogP contribution < -0.4 is 5.32 Å². The minimum absolute atomic E-state index is 0.111. The molecule has 3 aliphatic rings. The number of aliphatic hydroxyl groups is 1. The van der Waals surface area contributed by atoms with Crippen molar-refractivity contribution in [3.05, 3.63) is 22.9 Å². The van der Waals surface area contributed by atoms with E-state index < -0.39 is 18.0 Å². The van der Waals surface area contributed by atoms with E-state index >= 15 is 0 Å². The van der Waals surface area contributed by atoms with Gasteiger partial charge in [-0.2, -0.15) is 11.8 Å². The third-order valence-corrected chi connectivity index (χ3v) is 5.72. The molecule has 3 rings (SSSR count). The Morgan fingerprint density at radius 2 is 2.29 bits per heavy atom. The number of nitrogens with one attached hydrogen (secondary N) is 1. The van der Waals surface area contributed by atoms with Crippen molar-refractivity contribution in [2.45, 2.75) is 44.4 Å². The Hall–Kier alpha value is -1.31. The fraction of sp³-hybridized carbons (Fsp3) is 0.647. The molecule has 0 aromatic carbocycles. The van der Waals surface area contributed by atoms with Crippen molar-refractivity contribution in [2.75, 3.05) is 18.6 Å². The van der Waals surface area contributed by atoms with Gasteiger partial charge >= 0.3 is 5.97 Å².